The number of rotatable bonds is 6. The van der Waals surface area contributed by atoms with Crippen molar-refractivity contribution in [1.29, 1.82) is 0 Å². The van der Waals surface area contributed by atoms with E-state index in [9.17, 15) is 19.5 Å². The lowest BCUT2D eigenvalue weighted by Crippen LogP contribution is -2.42. The molecule has 0 spiro atoms. The van der Waals surface area contributed by atoms with Crippen molar-refractivity contribution in [2.75, 3.05) is 26.2 Å². The van der Waals surface area contributed by atoms with Gasteiger partial charge >= 0.3 is 12.1 Å². The summed E-state index contributed by atoms with van der Waals surface area (Å²) in [6.45, 7) is 2.88. The molecule has 7 heteroatoms. The van der Waals surface area contributed by atoms with E-state index < -0.39 is 23.4 Å². The molecule has 34 heavy (non-hydrogen) atoms. The molecule has 1 heterocycles. The third-order valence-electron chi connectivity index (χ3n) is 7.93. The Bertz CT molecular complexity index is 1090. The number of fused-ring (bicyclic) bond motifs is 4. The molecule has 2 aromatic carbocycles. The van der Waals surface area contributed by atoms with Crippen molar-refractivity contribution in [3.63, 3.8) is 0 Å². The van der Waals surface area contributed by atoms with Crippen LogP contribution < -0.4 is 5.32 Å². The maximum absolute atomic E-state index is 12.9. The van der Waals surface area contributed by atoms with Crippen molar-refractivity contribution >= 4 is 18.0 Å². The van der Waals surface area contributed by atoms with Gasteiger partial charge in [0.25, 0.3) is 0 Å². The summed E-state index contributed by atoms with van der Waals surface area (Å²) in [4.78, 5) is 38.9. The number of hydrogen-bond donors (Lipinski definition) is 2. The van der Waals surface area contributed by atoms with Crippen LogP contribution in [0.4, 0.5) is 4.79 Å². The third-order valence-corrected chi connectivity index (χ3v) is 7.93. The third kappa shape index (κ3) is 3.73. The molecule has 2 aromatic rings. The number of aliphatic carboxylic acids is 1. The topological polar surface area (TPSA) is 95.9 Å². The fraction of sp³-hybridized carbons (Fsp3) is 0.444. The van der Waals surface area contributed by atoms with E-state index in [1.54, 1.807) is 11.8 Å². The molecular formula is C27H30N2O5. The molecule has 3 atom stereocenters. The van der Waals surface area contributed by atoms with Gasteiger partial charge in [0.15, 0.2) is 0 Å². The summed E-state index contributed by atoms with van der Waals surface area (Å²) in [5, 5.41) is 12.5. The van der Waals surface area contributed by atoms with E-state index in [1.807, 2.05) is 24.3 Å². The van der Waals surface area contributed by atoms with Gasteiger partial charge in [-0.1, -0.05) is 61.9 Å². The normalized spacial score (nSPS) is 23.7. The highest BCUT2D eigenvalue weighted by Gasteiger charge is 2.56. The summed E-state index contributed by atoms with van der Waals surface area (Å²) >= 11 is 0. The summed E-state index contributed by atoms with van der Waals surface area (Å²) in [6, 6.07) is 16.3. The maximum atomic E-state index is 12.9. The fourth-order valence-corrected chi connectivity index (χ4v) is 6.09. The zero-order valence-corrected chi connectivity index (χ0v) is 19.3. The predicted octanol–water partition coefficient (Wildman–Crippen LogP) is 3.87. The molecule has 2 aliphatic carbocycles. The first-order valence-corrected chi connectivity index (χ1v) is 12.0. The van der Waals surface area contributed by atoms with Crippen LogP contribution in [0.1, 0.15) is 43.2 Å². The number of carboxylic acid groups (broad SMARTS) is 1. The average molecular weight is 463 g/mol. The van der Waals surface area contributed by atoms with Gasteiger partial charge in [0.05, 0.1) is 11.3 Å². The molecule has 1 saturated carbocycles. The first kappa shape index (κ1) is 22.4. The highest BCUT2D eigenvalue weighted by molar-refractivity contribution is 5.83. The van der Waals surface area contributed by atoms with Crippen LogP contribution in [0.3, 0.4) is 0 Å². The largest absolute Gasteiger partial charge is 0.481 e. The summed E-state index contributed by atoms with van der Waals surface area (Å²) < 4.78 is 5.55. The van der Waals surface area contributed by atoms with Gasteiger partial charge in [-0.05, 0) is 41.0 Å². The van der Waals surface area contributed by atoms with Crippen molar-refractivity contribution in [3.05, 3.63) is 59.7 Å². The van der Waals surface area contributed by atoms with E-state index in [2.05, 4.69) is 29.6 Å². The quantitative estimate of drug-likeness (QED) is 0.679. The van der Waals surface area contributed by atoms with E-state index in [1.165, 1.54) is 11.1 Å². The minimum atomic E-state index is -0.797. The van der Waals surface area contributed by atoms with Crippen molar-refractivity contribution < 1.29 is 24.2 Å². The Morgan fingerprint density at radius 1 is 1.12 bits per heavy atom. The van der Waals surface area contributed by atoms with Gasteiger partial charge in [0, 0.05) is 25.6 Å². The molecule has 0 radical (unpaired) electrons. The first-order chi connectivity index (χ1) is 16.4. The Hall–Kier alpha value is -3.35. The molecule has 7 nitrogen and oxygen atoms in total. The van der Waals surface area contributed by atoms with Gasteiger partial charge in [0.2, 0.25) is 5.91 Å². The molecule has 0 bridgehead atoms. The van der Waals surface area contributed by atoms with Crippen LogP contribution in [0.25, 0.3) is 11.1 Å². The molecule has 3 aliphatic rings. The molecule has 1 aliphatic heterocycles. The van der Waals surface area contributed by atoms with E-state index in [0.29, 0.717) is 13.0 Å². The summed E-state index contributed by atoms with van der Waals surface area (Å²) in [7, 11) is 0. The van der Waals surface area contributed by atoms with Gasteiger partial charge < -0.3 is 20.1 Å². The number of amides is 2. The first-order valence-electron chi connectivity index (χ1n) is 12.0. The van der Waals surface area contributed by atoms with Crippen LogP contribution in [0, 0.1) is 17.3 Å². The van der Waals surface area contributed by atoms with Crippen LogP contribution in [0.5, 0.6) is 0 Å². The predicted molar refractivity (Wildman–Crippen MR) is 126 cm³/mol. The Balaban J connectivity index is 1.15. The number of benzene rings is 2. The van der Waals surface area contributed by atoms with Crippen molar-refractivity contribution in [2.45, 2.75) is 32.1 Å². The van der Waals surface area contributed by atoms with Crippen LogP contribution in [-0.4, -0.2) is 54.2 Å². The Kier molecular flexibility index (Phi) is 5.80. The number of hydrogen-bond acceptors (Lipinski definition) is 4. The number of likely N-dealkylation sites (tertiary alicyclic amines) is 1. The van der Waals surface area contributed by atoms with Crippen LogP contribution in [0.2, 0.25) is 0 Å². The zero-order valence-electron chi connectivity index (χ0n) is 19.3. The van der Waals surface area contributed by atoms with E-state index in [4.69, 9.17) is 4.74 Å². The second-order valence-corrected chi connectivity index (χ2v) is 9.88. The number of alkyl carbamates (subject to hydrolysis) is 1. The minimum absolute atomic E-state index is 0.0200. The molecule has 1 saturated heterocycles. The number of carboxylic acids is 1. The Labute approximate surface area is 199 Å². The maximum Gasteiger partial charge on any atom is 0.407 e. The number of carbonyl (C=O) groups excluding carboxylic acids is 2. The average Bonchev–Trinajstić information content (AvgIpc) is 3.50. The molecule has 2 fully saturated rings. The van der Waals surface area contributed by atoms with Gasteiger partial charge in [-0.3, -0.25) is 9.59 Å². The second-order valence-electron chi connectivity index (χ2n) is 9.88. The molecule has 3 unspecified atom stereocenters. The highest BCUT2D eigenvalue weighted by Crippen LogP contribution is 2.49. The van der Waals surface area contributed by atoms with Crippen LogP contribution >= 0.6 is 0 Å². The van der Waals surface area contributed by atoms with Gasteiger partial charge in [-0.2, -0.15) is 0 Å². The molecule has 178 valence electrons. The van der Waals surface area contributed by atoms with Crippen LogP contribution in [-0.2, 0) is 14.3 Å². The van der Waals surface area contributed by atoms with E-state index in [-0.39, 0.29) is 37.4 Å². The summed E-state index contributed by atoms with van der Waals surface area (Å²) in [6.07, 6.45) is 1.82. The Morgan fingerprint density at radius 2 is 1.76 bits per heavy atom. The fourth-order valence-electron chi connectivity index (χ4n) is 6.09. The Morgan fingerprint density at radius 3 is 2.38 bits per heavy atom. The van der Waals surface area contributed by atoms with E-state index >= 15 is 0 Å². The zero-order chi connectivity index (χ0) is 23.9. The van der Waals surface area contributed by atoms with Crippen molar-refractivity contribution in [2.24, 2.45) is 17.3 Å². The van der Waals surface area contributed by atoms with E-state index in [0.717, 1.165) is 24.0 Å². The minimum Gasteiger partial charge on any atom is -0.481 e. The molecule has 2 amide bonds. The molecule has 0 aromatic heterocycles. The summed E-state index contributed by atoms with van der Waals surface area (Å²) in [5.74, 6) is -1.36. The van der Waals surface area contributed by atoms with Gasteiger partial charge in [-0.15, -0.1) is 0 Å². The van der Waals surface area contributed by atoms with Gasteiger partial charge in [-0.25, -0.2) is 4.79 Å². The number of nitrogens with zero attached hydrogens (tertiary/aromatic N) is 1. The lowest BCUT2D eigenvalue weighted by atomic mass is 9.81. The smallest absolute Gasteiger partial charge is 0.407 e. The number of nitrogens with one attached hydrogen (secondary N) is 1. The standard InChI is InChI=1S/C27H30N2O5/c1-17(24(30)29-14-18-7-6-12-27(18,16-29)25(31)32)13-28-26(33)34-15-23-21-10-4-2-8-19(21)20-9-3-5-11-22(20)23/h2-5,8-11,17-18,23H,6-7,12-16H2,1H3,(H,28,33)(H,31,32). The van der Waals surface area contributed by atoms with Crippen LogP contribution in [0.15, 0.2) is 48.5 Å². The number of carbonyl (C=O) groups is 3. The summed E-state index contributed by atoms with van der Waals surface area (Å²) in [5.41, 5.74) is 3.83. The molecule has 5 rings (SSSR count). The van der Waals surface area contributed by atoms with Gasteiger partial charge in [0.1, 0.15) is 6.61 Å². The van der Waals surface area contributed by atoms with Crippen molar-refractivity contribution in [3.8, 4) is 11.1 Å². The van der Waals surface area contributed by atoms with Crippen molar-refractivity contribution in [1.82, 2.24) is 10.2 Å². The second kappa shape index (κ2) is 8.78. The highest BCUT2D eigenvalue weighted by atomic mass is 16.5. The lowest BCUT2D eigenvalue weighted by Gasteiger charge is -2.25. The molecular weight excluding hydrogens is 432 g/mol. The monoisotopic (exact) mass is 462 g/mol. The number of ether oxygens (including phenoxy) is 1. The lowest BCUT2D eigenvalue weighted by molar-refractivity contribution is -0.149. The SMILES string of the molecule is CC(CNC(=O)OCC1c2ccccc2-c2ccccc21)C(=O)N1CC2CCCC2(C(=O)O)C1. The molecule has 2 N–H and O–H groups in total.